The summed E-state index contributed by atoms with van der Waals surface area (Å²) in [6.07, 6.45) is 1.73. The lowest BCUT2D eigenvalue weighted by Gasteiger charge is -2.24. The predicted octanol–water partition coefficient (Wildman–Crippen LogP) is 2.82. The topological polar surface area (TPSA) is 51.2 Å². The van der Waals surface area contributed by atoms with E-state index in [0.717, 1.165) is 5.01 Å². The van der Waals surface area contributed by atoms with Crippen LogP contribution < -0.4 is 10.1 Å². The number of methoxy groups -OCH3 is 1. The normalized spacial score (nSPS) is 11.1. The molecular formula is C14H16N2O2S. The summed E-state index contributed by atoms with van der Waals surface area (Å²) in [5, 5.41) is 5.74. The average molecular weight is 276 g/mol. The second-order valence-electron chi connectivity index (χ2n) is 4.62. The molecule has 0 spiro atoms. The van der Waals surface area contributed by atoms with Crippen LogP contribution in [0.3, 0.4) is 0 Å². The smallest absolute Gasteiger partial charge is 0.255 e. The van der Waals surface area contributed by atoms with E-state index < -0.39 is 5.54 Å². The minimum absolute atomic E-state index is 0.169. The first-order valence-electron chi connectivity index (χ1n) is 5.90. The van der Waals surface area contributed by atoms with Crippen LogP contribution in [0.2, 0.25) is 0 Å². The molecule has 1 amide bonds. The van der Waals surface area contributed by atoms with Gasteiger partial charge in [-0.3, -0.25) is 4.79 Å². The molecule has 0 aliphatic carbocycles. The molecular weight excluding hydrogens is 260 g/mol. The number of carbonyl (C=O) groups excluding carboxylic acids is 1. The first-order chi connectivity index (χ1) is 9.04. The van der Waals surface area contributed by atoms with Gasteiger partial charge in [-0.05, 0) is 26.0 Å². The highest BCUT2D eigenvalue weighted by Crippen LogP contribution is 2.24. The highest BCUT2D eigenvalue weighted by Gasteiger charge is 2.26. The van der Waals surface area contributed by atoms with Crippen molar-refractivity contribution in [2.24, 2.45) is 0 Å². The van der Waals surface area contributed by atoms with E-state index in [1.807, 2.05) is 31.4 Å². The van der Waals surface area contributed by atoms with Crippen molar-refractivity contribution in [2.75, 3.05) is 7.11 Å². The van der Waals surface area contributed by atoms with Gasteiger partial charge in [0.1, 0.15) is 10.8 Å². The fourth-order valence-corrected chi connectivity index (χ4v) is 2.49. The lowest BCUT2D eigenvalue weighted by atomic mass is 10.1. The van der Waals surface area contributed by atoms with Gasteiger partial charge in [-0.15, -0.1) is 11.3 Å². The van der Waals surface area contributed by atoms with Gasteiger partial charge in [-0.1, -0.05) is 12.1 Å². The fraction of sp³-hybridized carbons (Fsp3) is 0.286. The molecule has 1 aromatic carbocycles. The lowest BCUT2D eigenvalue weighted by molar-refractivity contribution is 0.0909. The highest BCUT2D eigenvalue weighted by atomic mass is 32.1. The third-order valence-electron chi connectivity index (χ3n) is 2.74. The molecule has 0 saturated carbocycles. The number of carbonyl (C=O) groups is 1. The molecule has 0 radical (unpaired) electrons. The number of amides is 1. The van der Waals surface area contributed by atoms with Gasteiger partial charge in [0.15, 0.2) is 0 Å². The lowest BCUT2D eigenvalue weighted by Crippen LogP contribution is -2.41. The molecule has 0 atom stereocenters. The first kappa shape index (κ1) is 13.5. The number of nitrogens with one attached hydrogen (secondary N) is 1. The Balaban J connectivity index is 2.22. The molecule has 2 rings (SSSR count). The monoisotopic (exact) mass is 276 g/mol. The molecule has 4 nitrogen and oxygen atoms in total. The van der Waals surface area contributed by atoms with Crippen molar-refractivity contribution in [1.82, 2.24) is 10.3 Å². The van der Waals surface area contributed by atoms with E-state index in [1.54, 1.807) is 25.4 Å². The maximum Gasteiger partial charge on any atom is 0.255 e. The molecule has 0 saturated heterocycles. The van der Waals surface area contributed by atoms with Crippen molar-refractivity contribution < 1.29 is 9.53 Å². The molecule has 0 aliphatic rings. The van der Waals surface area contributed by atoms with Gasteiger partial charge in [-0.2, -0.15) is 0 Å². The number of nitrogens with zero attached hydrogens (tertiary/aromatic N) is 1. The van der Waals surface area contributed by atoms with Crippen LogP contribution in [0.5, 0.6) is 5.75 Å². The maximum atomic E-state index is 12.3. The Kier molecular flexibility index (Phi) is 3.85. The standard InChI is InChI=1S/C14H16N2O2S/c1-14(2,13-15-8-9-19-13)16-12(17)10-6-4-5-7-11(10)18-3/h4-9H,1-3H3,(H,16,17). The highest BCUT2D eigenvalue weighted by molar-refractivity contribution is 7.09. The molecule has 19 heavy (non-hydrogen) atoms. The summed E-state index contributed by atoms with van der Waals surface area (Å²) >= 11 is 1.52. The SMILES string of the molecule is COc1ccccc1C(=O)NC(C)(C)c1nccs1. The van der Waals surface area contributed by atoms with Crippen LogP contribution in [0.25, 0.3) is 0 Å². The largest absolute Gasteiger partial charge is 0.496 e. The third-order valence-corrected chi connectivity index (χ3v) is 3.84. The summed E-state index contributed by atoms with van der Waals surface area (Å²) in [7, 11) is 1.55. The van der Waals surface area contributed by atoms with E-state index in [1.165, 1.54) is 11.3 Å². The van der Waals surface area contributed by atoms with Crippen molar-refractivity contribution in [2.45, 2.75) is 19.4 Å². The number of hydrogen-bond acceptors (Lipinski definition) is 4. The molecule has 2 aromatic rings. The Morgan fingerprint density at radius 1 is 1.37 bits per heavy atom. The van der Waals surface area contributed by atoms with Gasteiger partial charge in [0.2, 0.25) is 0 Å². The number of hydrogen-bond donors (Lipinski definition) is 1. The van der Waals surface area contributed by atoms with Crippen molar-refractivity contribution in [1.29, 1.82) is 0 Å². The molecule has 1 aromatic heterocycles. The van der Waals surface area contributed by atoms with Crippen LogP contribution >= 0.6 is 11.3 Å². The van der Waals surface area contributed by atoms with Crippen LogP contribution in [-0.2, 0) is 5.54 Å². The quantitative estimate of drug-likeness (QED) is 0.934. The van der Waals surface area contributed by atoms with Crippen LogP contribution in [0.15, 0.2) is 35.8 Å². The van der Waals surface area contributed by atoms with E-state index in [-0.39, 0.29) is 5.91 Å². The van der Waals surface area contributed by atoms with E-state index >= 15 is 0 Å². The Labute approximate surface area is 116 Å². The van der Waals surface area contributed by atoms with Crippen LogP contribution in [-0.4, -0.2) is 18.0 Å². The Hall–Kier alpha value is -1.88. The zero-order chi connectivity index (χ0) is 13.9. The summed E-state index contributed by atoms with van der Waals surface area (Å²) in [5.74, 6) is 0.396. The molecule has 5 heteroatoms. The predicted molar refractivity (Wildman–Crippen MR) is 75.6 cm³/mol. The molecule has 1 heterocycles. The molecule has 0 unspecified atom stereocenters. The molecule has 1 N–H and O–H groups in total. The average Bonchev–Trinajstić information content (AvgIpc) is 2.93. The van der Waals surface area contributed by atoms with E-state index in [9.17, 15) is 4.79 Å². The van der Waals surface area contributed by atoms with Gasteiger partial charge >= 0.3 is 0 Å². The van der Waals surface area contributed by atoms with E-state index in [2.05, 4.69) is 10.3 Å². The van der Waals surface area contributed by atoms with Gasteiger partial charge in [-0.25, -0.2) is 4.98 Å². The van der Waals surface area contributed by atoms with Crippen molar-refractivity contribution in [3.63, 3.8) is 0 Å². The summed E-state index contributed by atoms with van der Waals surface area (Å²) in [6, 6.07) is 7.16. The summed E-state index contributed by atoms with van der Waals surface area (Å²) in [6.45, 7) is 3.86. The number of benzene rings is 1. The summed E-state index contributed by atoms with van der Waals surface area (Å²) < 4.78 is 5.20. The number of ether oxygens (including phenoxy) is 1. The van der Waals surface area contributed by atoms with Crippen molar-refractivity contribution in [3.05, 3.63) is 46.4 Å². The van der Waals surface area contributed by atoms with Crippen LogP contribution in [0.4, 0.5) is 0 Å². The zero-order valence-corrected chi connectivity index (χ0v) is 12.0. The van der Waals surface area contributed by atoms with Crippen molar-refractivity contribution in [3.8, 4) is 5.75 Å². The number of aromatic nitrogens is 1. The minimum atomic E-state index is -0.508. The Bertz CT molecular complexity index is 565. The van der Waals surface area contributed by atoms with E-state index in [4.69, 9.17) is 4.74 Å². The first-order valence-corrected chi connectivity index (χ1v) is 6.78. The number of para-hydroxylation sites is 1. The molecule has 100 valence electrons. The third kappa shape index (κ3) is 2.93. The number of thiazole rings is 1. The fourth-order valence-electron chi connectivity index (χ4n) is 1.77. The van der Waals surface area contributed by atoms with Gasteiger partial charge in [0, 0.05) is 11.6 Å². The second kappa shape index (κ2) is 5.40. The maximum absolute atomic E-state index is 12.3. The van der Waals surface area contributed by atoms with E-state index in [0.29, 0.717) is 11.3 Å². The van der Waals surface area contributed by atoms with Crippen LogP contribution in [0, 0.1) is 0 Å². The van der Waals surface area contributed by atoms with Gasteiger partial charge in [0.25, 0.3) is 5.91 Å². The van der Waals surface area contributed by atoms with Gasteiger partial charge < -0.3 is 10.1 Å². The second-order valence-corrected chi connectivity index (χ2v) is 5.51. The molecule has 0 bridgehead atoms. The zero-order valence-electron chi connectivity index (χ0n) is 11.1. The Morgan fingerprint density at radius 3 is 2.74 bits per heavy atom. The molecule has 0 fully saturated rings. The minimum Gasteiger partial charge on any atom is -0.496 e. The van der Waals surface area contributed by atoms with Gasteiger partial charge in [0.05, 0.1) is 18.2 Å². The number of rotatable bonds is 4. The van der Waals surface area contributed by atoms with Crippen molar-refractivity contribution >= 4 is 17.2 Å². The summed E-state index contributed by atoms with van der Waals surface area (Å²) in [4.78, 5) is 16.6. The molecule has 0 aliphatic heterocycles. The summed E-state index contributed by atoms with van der Waals surface area (Å²) in [5.41, 5.74) is 0.0150. The van der Waals surface area contributed by atoms with Crippen LogP contribution in [0.1, 0.15) is 29.2 Å². The Morgan fingerprint density at radius 2 is 2.11 bits per heavy atom.